The van der Waals surface area contributed by atoms with Crippen LogP contribution in [0.5, 0.6) is 0 Å². The van der Waals surface area contributed by atoms with Gasteiger partial charge in [-0.05, 0) is 12.3 Å². The van der Waals surface area contributed by atoms with Crippen LogP contribution in [0.2, 0.25) is 0 Å². The molecule has 0 radical (unpaired) electrons. The first-order valence-corrected chi connectivity index (χ1v) is 13.3. The first-order chi connectivity index (χ1) is 13.9. The lowest BCUT2D eigenvalue weighted by atomic mass is 9.99. The van der Waals surface area contributed by atoms with Crippen LogP contribution in [0.25, 0.3) is 0 Å². The monoisotopic (exact) mass is 523 g/mol. The van der Waals surface area contributed by atoms with Crippen molar-refractivity contribution in [2.75, 3.05) is 6.54 Å². The van der Waals surface area contributed by atoms with E-state index in [2.05, 4.69) is 12.2 Å². The van der Waals surface area contributed by atoms with Crippen LogP contribution in [0.4, 0.5) is 0 Å². The van der Waals surface area contributed by atoms with Crippen LogP contribution in [0.3, 0.4) is 0 Å². The van der Waals surface area contributed by atoms with Gasteiger partial charge in [0.2, 0.25) is 5.91 Å². The van der Waals surface area contributed by atoms with Crippen molar-refractivity contribution in [1.29, 1.82) is 0 Å². The van der Waals surface area contributed by atoms with Crippen LogP contribution in [0.1, 0.15) is 117 Å². The van der Waals surface area contributed by atoms with Gasteiger partial charge in [-0.1, -0.05) is 133 Å². The van der Waals surface area contributed by atoms with Gasteiger partial charge >= 0.3 is 5.97 Å². The van der Waals surface area contributed by atoms with E-state index in [4.69, 9.17) is 5.11 Å². The zero-order valence-electron chi connectivity index (χ0n) is 19.2. The van der Waals surface area contributed by atoms with E-state index in [1.807, 2.05) is 36.4 Å². The van der Waals surface area contributed by atoms with Gasteiger partial charge in [0.05, 0.1) is 0 Å². The highest BCUT2D eigenvalue weighted by atomic mass is 127. The molecule has 0 aromatic heterocycles. The van der Waals surface area contributed by atoms with Gasteiger partial charge in [-0.25, -0.2) is 0 Å². The minimum Gasteiger partial charge on any atom is -0.480 e. The van der Waals surface area contributed by atoms with E-state index in [0.717, 1.165) is 19.3 Å². The summed E-state index contributed by atoms with van der Waals surface area (Å²) < 4.78 is -0.450. The maximum Gasteiger partial charge on any atom is 0.316 e. The quantitative estimate of drug-likeness (QED) is 0.101. The van der Waals surface area contributed by atoms with E-state index in [-0.39, 0.29) is 17.7 Å². The molecule has 0 saturated carbocycles. The molecule has 0 saturated heterocycles. The van der Waals surface area contributed by atoms with Crippen molar-refractivity contribution in [3.05, 3.63) is 0 Å². The first-order valence-electron chi connectivity index (χ1n) is 12.1. The van der Waals surface area contributed by atoms with Crippen molar-refractivity contribution in [3.8, 4) is 0 Å². The fourth-order valence-corrected chi connectivity index (χ4v) is 4.42. The molecule has 0 heterocycles. The summed E-state index contributed by atoms with van der Waals surface area (Å²) >= 11 is 1.96. The Morgan fingerprint density at radius 3 is 1.69 bits per heavy atom. The average Bonchev–Trinajstić information content (AvgIpc) is 2.71. The Morgan fingerprint density at radius 2 is 1.28 bits per heavy atom. The van der Waals surface area contributed by atoms with E-state index >= 15 is 0 Å². The third-order valence-corrected chi connectivity index (χ3v) is 7.45. The predicted molar refractivity (Wildman–Crippen MR) is 132 cm³/mol. The number of nitrogens with one attached hydrogen (secondary N) is 1. The van der Waals surface area contributed by atoms with Gasteiger partial charge in [0.1, 0.15) is 3.92 Å². The molecule has 0 aromatic rings. The number of carboxylic acid groups (broad SMARTS) is 1. The number of amides is 1. The number of rotatable bonds is 20. The minimum atomic E-state index is -0.799. The number of halogens is 1. The molecule has 29 heavy (non-hydrogen) atoms. The topological polar surface area (TPSA) is 66.4 Å². The Bertz CT molecular complexity index is 417. The van der Waals surface area contributed by atoms with Crippen LogP contribution < -0.4 is 5.32 Å². The fourth-order valence-electron chi connectivity index (χ4n) is 3.66. The molecule has 0 rings (SSSR count). The molecule has 3 unspecified atom stereocenters. The minimum absolute atomic E-state index is 0.0118. The number of hydrogen-bond acceptors (Lipinski definition) is 2. The Labute approximate surface area is 193 Å². The molecule has 0 aliphatic rings. The molecule has 172 valence electrons. The standard InChI is InChI=1S/C24H46INO3/c1-4-6-7-8-9-10-11-12-13-14-15-16-17-18-20(3)23(27)26-19-21(5-2)22(25)24(28)29/h20-22H,4-19H2,1-3H3,(H,26,27)(H,28,29). The van der Waals surface area contributed by atoms with E-state index in [0.29, 0.717) is 6.54 Å². The van der Waals surface area contributed by atoms with Crippen LogP contribution in [-0.2, 0) is 9.59 Å². The van der Waals surface area contributed by atoms with Gasteiger partial charge in [-0.15, -0.1) is 0 Å². The second-order valence-corrected chi connectivity index (χ2v) is 9.93. The summed E-state index contributed by atoms with van der Waals surface area (Å²) in [5.74, 6) is -0.735. The van der Waals surface area contributed by atoms with Crippen LogP contribution >= 0.6 is 22.6 Å². The molecular formula is C24H46INO3. The highest BCUT2D eigenvalue weighted by Crippen LogP contribution is 2.18. The number of hydrogen-bond donors (Lipinski definition) is 2. The zero-order chi connectivity index (χ0) is 21.9. The molecule has 0 bridgehead atoms. The predicted octanol–water partition coefficient (Wildman–Crippen LogP) is 7.13. The Morgan fingerprint density at radius 1 is 0.828 bits per heavy atom. The van der Waals surface area contributed by atoms with E-state index in [1.54, 1.807) is 0 Å². The molecule has 0 aliphatic carbocycles. The molecule has 0 aliphatic heterocycles. The van der Waals surface area contributed by atoms with Crippen LogP contribution in [-0.4, -0.2) is 27.5 Å². The van der Waals surface area contributed by atoms with Crippen molar-refractivity contribution in [2.45, 2.75) is 121 Å². The van der Waals surface area contributed by atoms with Crippen LogP contribution in [0, 0.1) is 11.8 Å². The molecule has 3 atom stereocenters. The molecule has 0 spiro atoms. The summed E-state index contributed by atoms with van der Waals surface area (Å²) in [4.78, 5) is 23.4. The third kappa shape index (κ3) is 16.1. The maximum absolute atomic E-state index is 12.2. The summed E-state index contributed by atoms with van der Waals surface area (Å²) in [6.07, 6.45) is 19.1. The summed E-state index contributed by atoms with van der Waals surface area (Å²) in [5.41, 5.74) is 0. The van der Waals surface area contributed by atoms with Crippen molar-refractivity contribution in [2.24, 2.45) is 11.8 Å². The average molecular weight is 524 g/mol. The van der Waals surface area contributed by atoms with Crippen molar-refractivity contribution < 1.29 is 14.7 Å². The zero-order valence-corrected chi connectivity index (χ0v) is 21.3. The van der Waals surface area contributed by atoms with E-state index in [1.165, 1.54) is 77.0 Å². The molecular weight excluding hydrogens is 477 g/mol. The number of aliphatic carboxylic acids is 1. The maximum atomic E-state index is 12.2. The molecule has 5 heteroatoms. The van der Waals surface area contributed by atoms with Crippen molar-refractivity contribution in [3.63, 3.8) is 0 Å². The molecule has 0 aromatic carbocycles. The molecule has 4 nitrogen and oxygen atoms in total. The van der Waals surface area contributed by atoms with E-state index in [9.17, 15) is 9.59 Å². The second kappa shape index (κ2) is 19.6. The van der Waals surface area contributed by atoms with Gasteiger partial charge in [-0.3, -0.25) is 9.59 Å². The van der Waals surface area contributed by atoms with Gasteiger partial charge in [0.15, 0.2) is 0 Å². The Balaban J connectivity index is 3.60. The number of unbranched alkanes of at least 4 members (excludes halogenated alkanes) is 12. The van der Waals surface area contributed by atoms with Gasteiger partial charge in [0, 0.05) is 12.5 Å². The number of carbonyl (C=O) groups excluding carboxylic acids is 1. The van der Waals surface area contributed by atoms with Gasteiger partial charge < -0.3 is 10.4 Å². The molecule has 2 N–H and O–H groups in total. The third-order valence-electron chi connectivity index (χ3n) is 5.90. The van der Waals surface area contributed by atoms with Gasteiger partial charge in [-0.2, -0.15) is 0 Å². The Hall–Kier alpha value is -0.330. The second-order valence-electron chi connectivity index (χ2n) is 8.59. The summed E-state index contributed by atoms with van der Waals surface area (Å²) in [5, 5.41) is 12.1. The summed E-state index contributed by atoms with van der Waals surface area (Å²) in [6, 6.07) is 0. The highest BCUT2D eigenvalue weighted by Gasteiger charge is 2.24. The highest BCUT2D eigenvalue weighted by molar-refractivity contribution is 14.1. The molecule has 1 amide bonds. The lowest BCUT2D eigenvalue weighted by Gasteiger charge is -2.20. The molecule has 0 fully saturated rings. The lowest BCUT2D eigenvalue weighted by Crippen LogP contribution is -2.37. The number of carbonyl (C=O) groups is 2. The number of alkyl halides is 1. The number of carboxylic acids is 1. The van der Waals surface area contributed by atoms with Crippen molar-refractivity contribution >= 4 is 34.5 Å². The van der Waals surface area contributed by atoms with Crippen LogP contribution in [0.15, 0.2) is 0 Å². The normalized spacial score (nSPS) is 14.3. The lowest BCUT2D eigenvalue weighted by molar-refractivity contribution is -0.137. The summed E-state index contributed by atoms with van der Waals surface area (Å²) in [7, 11) is 0. The largest absolute Gasteiger partial charge is 0.480 e. The van der Waals surface area contributed by atoms with Crippen molar-refractivity contribution in [1.82, 2.24) is 5.32 Å². The fraction of sp³-hybridized carbons (Fsp3) is 0.917. The SMILES string of the molecule is CCCCCCCCCCCCCCCC(C)C(=O)NCC(CC)C(I)C(=O)O. The van der Waals surface area contributed by atoms with Gasteiger partial charge in [0.25, 0.3) is 0 Å². The smallest absolute Gasteiger partial charge is 0.316 e. The summed E-state index contributed by atoms with van der Waals surface area (Å²) in [6.45, 7) is 6.68. The first kappa shape index (κ1) is 28.7. The Kier molecular flexibility index (Phi) is 19.4. The van der Waals surface area contributed by atoms with E-state index < -0.39 is 9.89 Å².